The molecule has 0 aliphatic carbocycles. The summed E-state index contributed by atoms with van der Waals surface area (Å²) < 4.78 is 28.1. The largest absolute Gasteiger partial charge is 0.480 e. The number of nitriles is 1. The third-order valence-corrected chi connectivity index (χ3v) is 10.2. The summed E-state index contributed by atoms with van der Waals surface area (Å²) >= 11 is 1.35. The van der Waals surface area contributed by atoms with Crippen molar-refractivity contribution in [3.05, 3.63) is 65.7 Å². The van der Waals surface area contributed by atoms with E-state index in [4.69, 9.17) is 5.26 Å². The number of nitrogens with one attached hydrogen (secondary N) is 2. The van der Waals surface area contributed by atoms with E-state index in [2.05, 4.69) is 15.6 Å². The molecule has 0 bridgehead atoms. The van der Waals surface area contributed by atoms with Crippen LogP contribution in [0, 0.1) is 11.5 Å². The molecule has 1 fully saturated rings. The van der Waals surface area contributed by atoms with E-state index in [1.54, 1.807) is 55.6 Å². The van der Waals surface area contributed by atoms with Crippen molar-refractivity contribution in [2.75, 3.05) is 12.3 Å². The summed E-state index contributed by atoms with van der Waals surface area (Å²) in [5.41, 5.74) is 1.43. The number of carboxylic acid groups (broad SMARTS) is 1. The molecule has 0 aromatic heterocycles. The molecule has 3 N–H and O–H groups in total. The Balaban J connectivity index is 1.61. The van der Waals surface area contributed by atoms with E-state index in [-0.39, 0.29) is 29.3 Å². The lowest BCUT2D eigenvalue weighted by atomic mass is 10.0. The fourth-order valence-electron chi connectivity index (χ4n) is 4.53. The van der Waals surface area contributed by atoms with Crippen LogP contribution >= 0.6 is 11.8 Å². The van der Waals surface area contributed by atoms with Gasteiger partial charge in [0.25, 0.3) is 0 Å². The van der Waals surface area contributed by atoms with Crippen LogP contribution in [0.5, 0.6) is 0 Å². The van der Waals surface area contributed by atoms with E-state index in [1.165, 1.54) is 28.2 Å². The number of carboxylic acids is 1. The zero-order chi connectivity index (χ0) is 30.7. The molecule has 1 aliphatic rings. The van der Waals surface area contributed by atoms with Crippen LogP contribution in [0.25, 0.3) is 0 Å². The topological polar surface area (TPSA) is 169 Å². The summed E-state index contributed by atoms with van der Waals surface area (Å²) in [5, 5.41) is 22.9. The van der Waals surface area contributed by atoms with Crippen LogP contribution in [-0.4, -0.2) is 71.1 Å². The summed E-state index contributed by atoms with van der Waals surface area (Å²) in [6.45, 7) is 3.95. The Morgan fingerprint density at radius 1 is 1.14 bits per heavy atom. The Hall–Kier alpha value is -3.73. The molecule has 2 aromatic carbocycles. The SMILES string of the molecule is CCC1SC[C@@H](C(=O)N[C@@H](Cc2ccc(CC(=O)CCCN=C(C)NC#N)cc2)C(=O)O)N1S(=O)(=O)c1ccccc1. The second-order valence-corrected chi connectivity index (χ2v) is 12.9. The molecule has 3 rings (SSSR count). The molecule has 0 radical (unpaired) electrons. The van der Waals surface area contributed by atoms with E-state index < -0.39 is 39.4 Å². The lowest BCUT2D eigenvalue weighted by Gasteiger charge is -2.28. The second-order valence-electron chi connectivity index (χ2n) is 9.80. The minimum Gasteiger partial charge on any atom is -0.480 e. The lowest BCUT2D eigenvalue weighted by Crippen LogP contribution is -2.53. The van der Waals surface area contributed by atoms with Gasteiger partial charge in [0.15, 0.2) is 6.19 Å². The number of aliphatic carboxylic acids is 1. The van der Waals surface area contributed by atoms with Crippen molar-refractivity contribution >= 4 is 45.3 Å². The van der Waals surface area contributed by atoms with Gasteiger partial charge in [-0.1, -0.05) is 49.4 Å². The van der Waals surface area contributed by atoms with Crippen molar-refractivity contribution in [3.63, 3.8) is 0 Å². The number of aliphatic imine (C=N–C) groups is 1. The average Bonchev–Trinajstić information content (AvgIpc) is 3.42. The third-order valence-electron chi connectivity index (χ3n) is 6.69. The summed E-state index contributed by atoms with van der Waals surface area (Å²) in [4.78, 5) is 41.9. The number of thioether (sulfide) groups is 1. The Labute approximate surface area is 250 Å². The number of carbonyl (C=O) groups is 3. The van der Waals surface area contributed by atoms with E-state index in [0.29, 0.717) is 37.2 Å². The molecule has 224 valence electrons. The molecule has 2 aromatic rings. The fourth-order valence-corrected chi connectivity index (χ4v) is 8.10. The average molecular weight is 614 g/mol. The van der Waals surface area contributed by atoms with Gasteiger partial charge in [-0.25, -0.2) is 13.2 Å². The lowest BCUT2D eigenvalue weighted by molar-refractivity contribution is -0.142. The van der Waals surface area contributed by atoms with E-state index in [0.717, 1.165) is 5.56 Å². The molecule has 1 amide bonds. The first-order valence-corrected chi connectivity index (χ1v) is 16.0. The van der Waals surface area contributed by atoms with Gasteiger partial charge in [0.05, 0.1) is 10.3 Å². The Kier molecular flexibility index (Phi) is 12.1. The highest BCUT2D eigenvalue weighted by molar-refractivity contribution is 8.01. The quantitative estimate of drug-likeness (QED) is 0.0953. The number of hydrogen-bond donors (Lipinski definition) is 3. The summed E-state index contributed by atoms with van der Waals surface area (Å²) in [6.07, 6.45) is 3.39. The first kappa shape index (κ1) is 32.8. The van der Waals surface area contributed by atoms with Crippen LogP contribution in [0.3, 0.4) is 0 Å². The number of rotatable bonds is 14. The first-order chi connectivity index (χ1) is 20.1. The highest BCUT2D eigenvalue weighted by Gasteiger charge is 2.46. The number of benzene rings is 2. The van der Waals surface area contributed by atoms with Crippen LogP contribution in [-0.2, 0) is 37.2 Å². The molecule has 1 unspecified atom stereocenters. The first-order valence-electron chi connectivity index (χ1n) is 13.6. The third kappa shape index (κ3) is 8.88. The van der Waals surface area contributed by atoms with Gasteiger partial charge in [0, 0.05) is 31.6 Å². The summed E-state index contributed by atoms with van der Waals surface area (Å²) in [7, 11) is -3.98. The molecule has 13 heteroatoms. The predicted molar refractivity (Wildman–Crippen MR) is 160 cm³/mol. The zero-order valence-electron chi connectivity index (χ0n) is 23.5. The standard InChI is InChI=1S/C29H35N5O6S2/c1-3-27-34(42(39,40)24-9-5-4-6-10-24)26(18-41-27)28(36)33-25(29(37)38)17-22-13-11-21(12-14-22)16-23(35)8-7-15-31-20(2)32-19-30/h4-6,9-14,25-27H,3,7-8,15-18H2,1-2H3,(H,31,32)(H,33,36)(H,37,38)/t25-,26-,27?/m0/s1. The molecule has 0 spiro atoms. The van der Waals surface area contributed by atoms with Crippen LogP contribution in [0.15, 0.2) is 64.5 Å². The van der Waals surface area contributed by atoms with E-state index in [9.17, 15) is 27.9 Å². The van der Waals surface area contributed by atoms with Gasteiger partial charge in [0.2, 0.25) is 15.9 Å². The number of Topliss-reactive ketones (excluding diaryl/α,β-unsaturated/α-hetero) is 1. The van der Waals surface area contributed by atoms with Gasteiger partial charge >= 0.3 is 5.97 Å². The number of amides is 1. The summed E-state index contributed by atoms with van der Waals surface area (Å²) in [6, 6.07) is 12.5. The van der Waals surface area contributed by atoms with E-state index >= 15 is 0 Å². The Bertz CT molecular complexity index is 1420. The van der Waals surface area contributed by atoms with Gasteiger partial charge in [0.1, 0.15) is 23.7 Å². The van der Waals surface area contributed by atoms with Crippen molar-refractivity contribution in [1.29, 1.82) is 5.26 Å². The van der Waals surface area contributed by atoms with Gasteiger partial charge in [-0.3, -0.25) is 19.9 Å². The van der Waals surface area contributed by atoms with Crippen molar-refractivity contribution in [2.24, 2.45) is 4.99 Å². The number of nitrogens with zero attached hydrogens (tertiary/aromatic N) is 3. The number of sulfonamides is 1. The normalized spacial score (nSPS) is 18.2. The highest BCUT2D eigenvalue weighted by atomic mass is 32.2. The van der Waals surface area contributed by atoms with Gasteiger partial charge in [-0.2, -0.15) is 9.57 Å². The van der Waals surface area contributed by atoms with Gasteiger partial charge in [-0.05, 0) is 43.0 Å². The molecule has 42 heavy (non-hydrogen) atoms. The van der Waals surface area contributed by atoms with Crippen molar-refractivity contribution in [2.45, 2.75) is 68.3 Å². The second kappa shape index (κ2) is 15.5. The predicted octanol–water partition coefficient (Wildman–Crippen LogP) is 2.72. The molecule has 1 saturated heterocycles. The summed E-state index contributed by atoms with van der Waals surface area (Å²) in [5.74, 6) is -1.14. The molecular weight excluding hydrogens is 578 g/mol. The van der Waals surface area contributed by atoms with Crippen LogP contribution in [0.2, 0.25) is 0 Å². The monoisotopic (exact) mass is 613 g/mol. The number of carbonyl (C=O) groups excluding carboxylic acids is 2. The minimum absolute atomic E-state index is 0.00804. The fraction of sp³-hybridized carbons (Fsp3) is 0.414. The van der Waals surface area contributed by atoms with Gasteiger partial charge < -0.3 is 10.4 Å². The zero-order valence-corrected chi connectivity index (χ0v) is 25.2. The Morgan fingerprint density at radius 2 is 1.81 bits per heavy atom. The molecule has 3 atom stereocenters. The maximum absolute atomic E-state index is 13.4. The van der Waals surface area contributed by atoms with Crippen LogP contribution in [0.4, 0.5) is 0 Å². The Morgan fingerprint density at radius 3 is 2.43 bits per heavy atom. The minimum atomic E-state index is -3.98. The van der Waals surface area contributed by atoms with E-state index in [1.807, 2.05) is 6.92 Å². The van der Waals surface area contributed by atoms with Crippen molar-refractivity contribution in [3.8, 4) is 6.19 Å². The number of hydrogen-bond acceptors (Lipinski definition) is 8. The molecule has 1 aliphatic heterocycles. The molecular formula is C29H35N5O6S2. The maximum Gasteiger partial charge on any atom is 0.326 e. The van der Waals surface area contributed by atoms with Crippen LogP contribution < -0.4 is 10.6 Å². The smallest absolute Gasteiger partial charge is 0.326 e. The molecule has 11 nitrogen and oxygen atoms in total. The molecule has 0 saturated carbocycles. The number of amidine groups is 1. The highest BCUT2D eigenvalue weighted by Crippen LogP contribution is 2.36. The van der Waals surface area contributed by atoms with Crippen LogP contribution in [0.1, 0.15) is 44.2 Å². The molecule has 1 heterocycles. The van der Waals surface area contributed by atoms with Crippen molar-refractivity contribution < 1.29 is 27.9 Å². The van der Waals surface area contributed by atoms with Crippen molar-refractivity contribution in [1.82, 2.24) is 14.9 Å². The maximum atomic E-state index is 13.4. The van der Waals surface area contributed by atoms with Gasteiger partial charge in [-0.15, -0.1) is 11.8 Å². The number of ketones is 1.